The molecule has 0 amide bonds. The van der Waals surface area contributed by atoms with Crippen molar-refractivity contribution in [2.45, 2.75) is 26.2 Å². The summed E-state index contributed by atoms with van der Waals surface area (Å²) in [6, 6.07) is 0. The quantitative estimate of drug-likeness (QED) is 0.286. The molecule has 0 atom stereocenters. The van der Waals surface area contributed by atoms with E-state index in [1.165, 1.54) is 0 Å². The van der Waals surface area contributed by atoms with Gasteiger partial charge in [0.05, 0.1) is 0 Å². The lowest BCUT2D eigenvalue weighted by Crippen LogP contribution is -1.72. The molecule has 0 N–H and O–H groups in total. The third-order valence-corrected chi connectivity index (χ3v) is 1.69. The highest BCUT2D eigenvalue weighted by Crippen LogP contribution is 1.93. The molecule has 0 saturated heterocycles. The predicted molar refractivity (Wildman–Crippen MR) is 69.9 cm³/mol. The minimum Gasteiger partial charge on any atom is -0.303 e. The largest absolute Gasteiger partial charge is 0.303 e. The highest BCUT2D eigenvalue weighted by Gasteiger charge is 1.79. The Labute approximate surface area is 98.3 Å². The third-order valence-electron chi connectivity index (χ3n) is 1.69. The molecule has 84 valence electrons. The normalized spacial score (nSPS) is 11.6. The molecule has 0 aliphatic carbocycles. The molecule has 0 saturated carbocycles. The van der Waals surface area contributed by atoms with Crippen LogP contribution in [0.4, 0.5) is 0 Å². The number of allylic oxidation sites excluding steroid dienone is 8. The molecule has 0 bridgehead atoms. The second kappa shape index (κ2) is 13.2. The fraction of sp³-hybridized carbons (Fsp3) is 0.267. The number of aldehydes is 1. The Morgan fingerprint density at radius 1 is 0.938 bits per heavy atom. The van der Waals surface area contributed by atoms with E-state index < -0.39 is 0 Å². The third kappa shape index (κ3) is 12.2. The summed E-state index contributed by atoms with van der Waals surface area (Å²) in [5.74, 6) is 5.77. The van der Waals surface area contributed by atoms with E-state index in [4.69, 9.17) is 0 Å². The van der Waals surface area contributed by atoms with Crippen molar-refractivity contribution in [1.29, 1.82) is 0 Å². The van der Waals surface area contributed by atoms with Gasteiger partial charge in [-0.05, 0) is 31.9 Å². The summed E-state index contributed by atoms with van der Waals surface area (Å²) < 4.78 is 0. The molecule has 0 aliphatic rings. The van der Waals surface area contributed by atoms with Gasteiger partial charge in [0.25, 0.3) is 0 Å². The smallest absolute Gasteiger partial charge is 0.120 e. The van der Waals surface area contributed by atoms with Crippen LogP contribution in [-0.2, 0) is 4.79 Å². The number of unbranched alkanes of at least 4 members (excludes halogenated alkanes) is 2. The van der Waals surface area contributed by atoms with Gasteiger partial charge >= 0.3 is 0 Å². The zero-order valence-electron chi connectivity index (χ0n) is 9.73. The van der Waals surface area contributed by atoms with Crippen molar-refractivity contribution in [2.75, 3.05) is 0 Å². The first-order valence-corrected chi connectivity index (χ1v) is 5.46. The number of carbonyl (C=O) groups is 1. The van der Waals surface area contributed by atoms with E-state index in [9.17, 15) is 4.79 Å². The Morgan fingerprint density at radius 3 is 2.25 bits per heavy atom. The zero-order chi connectivity index (χ0) is 11.9. The minimum atomic E-state index is 0.642. The molecule has 0 radical (unpaired) electrons. The molecule has 0 aromatic heterocycles. The van der Waals surface area contributed by atoms with Gasteiger partial charge in [0.1, 0.15) is 6.29 Å². The van der Waals surface area contributed by atoms with E-state index in [-0.39, 0.29) is 0 Å². The highest BCUT2D eigenvalue weighted by atomic mass is 16.1. The lowest BCUT2D eigenvalue weighted by molar-refractivity contribution is -0.107. The molecule has 0 rings (SSSR count). The Kier molecular flexibility index (Phi) is 11.7. The van der Waals surface area contributed by atoms with Gasteiger partial charge in [0, 0.05) is 6.42 Å². The van der Waals surface area contributed by atoms with Gasteiger partial charge in [-0.2, -0.15) is 0 Å². The summed E-state index contributed by atoms with van der Waals surface area (Å²) in [6.45, 7) is 1.97. The van der Waals surface area contributed by atoms with Crippen molar-refractivity contribution in [3.8, 4) is 11.8 Å². The van der Waals surface area contributed by atoms with Gasteiger partial charge < -0.3 is 4.79 Å². The van der Waals surface area contributed by atoms with Crippen LogP contribution in [0.5, 0.6) is 0 Å². The van der Waals surface area contributed by atoms with Crippen LogP contribution in [0.1, 0.15) is 26.2 Å². The van der Waals surface area contributed by atoms with Gasteiger partial charge in [0.15, 0.2) is 0 Å². The van der Waals surface area contributed by atoms with Crippen molar-refractivity contribution in [3.05, 3.63) is 48.6 Å². The molecular formula is C15H18O. The number of rotatable bonds is 6. The SMILES string of the molecule is CC=CC=CC#CC=CC=CCCCC=O. The fourth-order valence-electron chi connectivity index (χ4n) is 0.909. The van der Waals surface area contributed by atoms with Crippen LogP contribution in [0.2, 0.25) is 0 Å². The molecule has 0 spiro atoms. The number of hydrogen-bond donors (Lipinski definition) is 0. The molecule has 0 aromatic carbocycles. The van der Waals surface area contributed by atoms with Crippen LogP contribution >= 0.6 is 0 Å². The van der Waals surface area contributed by atoms with Crippen LogP contribution in [0, 0.1) is 11.8 Å². The second-order valence-corrected chi connectivity index (χ2v) is 3.06. The van der Waals surface area contributed by atoms with Gasteiger partial charge in [-0.3, -0.25) is 0 Å². The first-order chi connectivity index (χ1) is 7.91. The van der Waals surface area contributed by atoms with Crippen LogP contribution in [0.25, 0.3) is 0 Å². The van der Waals surface area contributed by atoms with Crippen molar-refractivity contribution >= 4 is 6.29 Å². The average Bonchev–Trinajstić information content (AvgIpc) is 2.31. The minimum absolute atomic E-state index is 0.642. The molecule has 0 fully saturated rings. The van der Waals surface area contributed by atoms with Crippen LogP contribution in [0.3, 0.4) is 0 Å². The Balaban J connectivity index is 3.63. The maximum Gasteiger partial charge on any atom is 0.120 e. The highest BCUT2D eigenvalue weighted by molar-refractivity contribution is 5.49. The number of carbonyl (C=O) groups excluding carboxylic acids is 1. The maximum atomic E-state index is 10.0. The van der Waals surface area contributed by atoms with E-state index in [0.29, 0.717) is 6.42 Å². The van der Waals surface area contributed by atoms with Crippen LogP contribution < -0.4 is 0 Å². The van der Waals surface area contributed by atoms with E-state index in [2.05, 4.69) is 11.8 Å². The second-order valence-electron chi connectivity index (χ2n) is 3.06. The zero-order valence-corrected chi connectivity index (χ0v) is 9.73. The van der Waals surface area contributed by atoms with Crippen molar-refractivity contribution in [1.82, 2.24) is 0 Å². The summed E-state index contributed by atoms with van der Waals surface area (Å²) in [7, 11) is 0. The fourth-order valence-corrected chi connectivity index (χ4v) is 0.909. The lowest BCUT2D eigenvalue weighted by atomic mass is 10.2. The summed E-state index contributed by atoms with van der Waals surface area (Å²) in [5.41, 5.74) is 0. The topological polar surface area (TPSA) is 17.1 Å². The Morgan fingerprint density at radius 2 is 1.62 bits per heavy atom. The molecule has 0 unspecified atom stereocenters. The van der Waals surface area contributed by atoms with E-state index >= 15 is 0 Å². The van der Waals surface area contributed by atoms with Gasteiger partial charge in [-0.15, -0.1) is 0 Å². The lowest BCUT2D eigenvalue weighted by Gasteiger charge is -1.84. The number of hydrogen-bond acceptors (Lipinski definition) is 1. The summed E-state index contributed by atoms with van der Waals surface area (Å²) >= 11 is 0. The van der Waals surface area contributed by atoms with Crippen molar-refractivity contribution in [3.63, 3.8) is 0 Å². The monoisotopic (exact) mass is 214 g/mol. The van der Waals surface area contributed by atoms with Gasteiger partial charge in [0.2, 0.25) is 0 Å². The molecule has 16 heavy (non-hydrogen) atoms. The Hall–Kier alpha value is -1.81. The summed E-state index contributed by atoms with van der Waals surface area (Å²) in [5, 5.41) is 0. The molecule has 0 aliphatic heterocycles. The van der Waals surface area contributed by atoms with Crippen molar-refractivity contribution < 1.29 is 4.79 Å². The van der Waals surface area contributed by atoms with Crippen LogP contribution in [-0.4, -0.2) is 6.29 Å². The Bertz CT molecular complexity index is 332. The van der Waals surface area contributed by atoms with E-state index in [1.807, 2.05) is 43.4 Å². The first-order valence-electron chi connectivity index (χ1n) is 5.46. The molecule has 0 aromatic rings. The first kappa shape index (κ1) is 14.2. The van der Waals surface area contributed by atoms with Gasteiger partial charge in [-0.1, -0.05) is 48.3 Å². The average molecular weight is 214 g/mol. The summed E-state index contributed by atoms with van der Waals surface area (Å²) in [6.07, 6.45) is 18.7. The van der Waals surface area contributed by atoms with Crippen molar-refractivity contribution in [2.24, 2.45) is 0 Å². The molecule has 1 nitrogen and oxygen atoms in total. The standard InChI is InChI=1S/C15H18O/c1-2-3-4-5-6-7-8-9-10-11-12-13-14-15-16/h2-5,8-11,15H,12-14H2,1H3. The molecule has 0 heterocycles. The summed E-state index contributed by atoms with van der Waals surface area (Å²) in [4.78, 5) is 10.0. The van der Waals surface area contributed by atoms with E-state index in [0.717, 1.165) is 19.1 Å². The predicted octanol–water partition coefficient (Wildman–Crippen LogP) is 3.60. The molecular weight excluding hydrogens is 196 g/mol. The maximum absolute atomic E-state index is 10.0. The van der Waals surface area contributed by atoms with Crippen LogP contribution in [0.15, 0.2) is 48.6 Å². The molecule has 1 heteroatoms. The van der Waals surface area contributed by atoms with E-state index in [1.54, 1.807) is 12.2 Å². The van der Waals surface area contributed by atoms with Gasteiger partial charge in [-0.25, -0.2) is 0 Å².